The highest BCUT2D eigenvalue weighted by atomic mass is 28.3. The van der Waals surface area contributed by atoms with Crippen molar-refractivity contribution in [2.75, 3.05) is 6.61 Å². The lowest BCUT2D eigenvalue weighted by Gasteiger charge is -2.20. The molecule has 182 valence electrons. The number of ether oxygens (including phenoxy) is 1. The van der Waals surface area contributed by atoms with E-state index >= 15 is 0 Å². The first-order valence-electron chi connectivity index (χ1n) is 10.2. The molecule has 13 heteroatoms. The van der Waals surface area contributed by atoms with Gasteiger partial charge in [0.05, 0.1) is 19.4 Å². The minimum Gasteiger partial charge on any atom is -0.480 e. The minimum atomic E-state index is -1.53. The SMILES string of the molecule is C[C@H](NC(=O)CCC(=O)OCC[Si](C)(C)C)C(=O)N[C@@H](C)C(=O)N[C@@H](CC(N)=O)C(=O)O. The van der Waals surface area contributed by atoms with Gasteiger partial charge in [0.2, 0.25) is 23.6 Å². The fourth-order valence-electron chi connectivity index (χ4n) is 2.24. The second-order valence-electron chi connectivity index (χ2n) is 8.62. The maximum atomic E-state index is 12.2. The Morgan fingerprint density at radius 2 is 1.44 bits per heavy atom. The first kappa shape index (κ1) is 29.0. The van der Waals surface area contributed by atoms with Crippen LogP contribution in [-0.4, -0.2) is 73.5 Å². The molecule has 0 aromatic rings. The highest BCUT2D eigenvalue weighted by molar-refractivity contribution is 6.76. The molecule has 0 unspecified atom stereocenters. The molecule has 0 aliphatic rings. The summed E-state index contributed by atoms with van der Waals surface area (Å²) in [7, 11) is -1.33. The molecule has 0 radical (unpaired) electrons. The smallest absolute Gasteiger partial charge is 0.326 e. The van der Waals surface area contributed by atoms with Crippen molar-refractivity contribution in [3.05, 3.63) is 0 Å². The summed E-state index contributed by atoms with van der Waals surface area (Å²) in [5.74, 6) is -4.93. The maximum Gasteiger partial charge on any atom is 0.326 e. The van der Waals surface area contributed by atoms with Crippen LogP contribution in [0.2, 0.25) is 25.7 Å². The molecule has 0 bridgehead atoms. The van der Waals surface area contributed by atoms with E-state index in [2.05, 4.69) is 35.6 Å². The first-order valence-corrected chi connectivity index (χ1v) is 13.9. The Morgan fingerprint density at radius 1 is 0.906 bits per heavy atom. The zero-order chi connectivity index (χ0) is 25.1. The molecule has 0 saturated heterocycles. The number of carboxylic acids is 1. The van der Waals surface area contributed by atoms with Crippen molar-refractivity contribution >= 4 is 43.6 Å². The summed E-state index contributed by atoms with van der Waals surface area (Å²) >= 11 is 0. The second kappa shape index (κ2) is 13.4. The average molecular weight is 475 g/mol. The van der Waals surface area contributed by atoms with E-state index in [0.717, 1.165) is 6.04 Å². The Balaban J connectivity index is 4.44. The van der Waals surface area contributed by atoms with Crippen molar-refractivity contribution in [1.82, 2.24) is 16.0 Å². The predicted octanol–water partition coefficient (Wildman–Crippen LogP) is -0.898. The van der Waals surface area contributed by atoms with Crippen LogP contribution in [0.1, 0.15) is 33.1 Å². The van der Waals surface area contributed by atoms with Crippen LogP contribution in [0.15, 0.2) is 0 Å². The van der Waals surface area contributed by atoms with Crippen molar-refractivity contribution in [3.8, 4) is 0 Å². The highest BCUT2D eigenvalue weighted by Gasteiger charge is 2.26. The second-order valence-corrected chi connectivity index (χ2v) is 14.2. The normalized spacial score (nSPS) is 13.8. The Hall–Kier alpha value is -2.96. The first-order chi connectivity index (χ1) is 14.6. The number of nitrogens with two attached hydrogens (primary N) is 1. The van der Waals surface area contributed by atoms with E-state index in [1.54, 1.807) is 0 Å². The van der Waals surface area contributed by atoms with Crippen molar-refractivity contribution in [2.24, 2.45) is 5.73 Å². The van der Waals surface area contributed by atoms with Crippen LogP contribution in [0, 0.1) is 0 Å². The van der Waals surface area contributed by atoms with Crippen LogP contribution in [0.4, 0.5) is 0 Å². The number of esters is 1. The number of carbonyl (C=O) groups is 6. The number of nitrogens with one attached hydrogen (secondary N) is 3. The van der Waals surface area contributed by atoms with Crippen LogP contribution >= 0.6 is 0 Å². The van der Waals surface area contributed by atoms with E-state index < -0.39 is 68.2 Å². The molecule has 0 aromatic heterocycles. The lowest BCUT2D eigenvalue weighted by Crippen LogP contribution is -2.54. The van der Waals surface area contributed by atoms with Crippen LogP contribution < -0.4 is 21.7 Å². The van der Waals surface area contributed by atoms with Gasteiger partial charge in [-0.2, -0.15) is 0 Å². The Bertz CT molecular complexity index is 723. The molecule has 0 aromatic carbocycles. The molecule has 3 atom stereocenters. The predicted molar refractivity (Wildman–Crippen MR) is 117 cm³/mol. The van der Waals surface area contributed by atoms with Crippen LogP contribution in [0.5, 0.6) is 0 Å². The van der Waals surface area contributed by atoms with Crippen LogP contribution in [0.25, 0.3) is 0 Å². The number of carbonyl (C=O) groups excluding carboxylic acids is 5. The van der Waals surface area contributed by atoms with Gasteiger partial charge < -0.3 is 31.5 Å². The van der Waals surface area contributed by atoms with Gasteiger partial charge in [-0.15, -0.1) is 0 Å². The fraction of sp³-hybridized carbons (Fsp3) is 0.684. The molecule has 0 spiro atoms. The van der Waals surface area contributed by atoms with E-state index in [0.29, 0.717) is 6.61 Å². The van der Waals surface area contributed by atoms with E-state index in [9.17, 15) is 28.8 Å². The molecule has 12 nitrogen and oxygen atoms in total. The molecule has 0 fully saturated rings. The molecule has 4 amide bonds. The average Bonchev–Trinajstić information content (AvgIpc) is 2.64. The minimum absolute atomic E-state index is 0.124. The van der Waals surface area contributed by atoms with E-state index in [1.807, 2.05) is 0 Å². The largest absolute Gasteiger partial charge is 0.480 e. The standard InChI is InChI=1S/C19H34N4O8Si/c1-11(21-15(25)6-7-16(26)31-8-9-32(3,4)5)17(27)22-12(2)18(28)23-13(19(29)30)10-14(20)24/h11-13H,6-10H2,1-5H3,(H2,20,24)(H,21,25)(H,22,27)(H,23,28)(H,29,30)/t11-,12-,13-/m0/s1. The topological polar surface area (TPSA) is 194 Å². The summed E-state index contributed by atoms with van der Waals surface area (Å²) < 4.78 is 5.09. The Kier molecular flexibility index (Phi) is 12.2. The van der Waals surface area contributed by atoms with Crippen molar-refractivity contribution < 1.29 is 38.6 Å². The highest BCUT2D eigenvalue weighted by Crippen LogP contribution is 2.08. The van der Waals surface area contributed by atoms with Gasteiger partial charge in [0.25, 0.3) is 0 Å². The summed E-state index contributed by atoms with van der Waals surface area (Å²) in [4.78, 5) is 69.9. The van der Waals surface area contributed by atoms with E-state index in [1.165, 1.54) is 13.8 Å². The maximum absolute atomic E-state index is 12.2. The Labute approximate surface area is 188 Å². The van der Waals surface area contributed by atoms with Gasteiger partial charge in [0.15, 0.2) is 0 Å². The van der Waals surface area contributed by atoms with Gasteiger partial charge in [-0.05, 0) is 19.9 Å². The van der Waals surface area contributed by atoms with Crippen molar-refractivity contribution in [3.63, 3.8) is 0 Å². The molecular formula is C19H34N4O8Si. The van der Waals surface area contributed by atoms with Gasteiger partial charge in [-0.1, -0.05) is 19.6 Å². The zero-order valence-corrected chi connectivity index (χ0v) is 20.1. The summed E-state index contributed by atoms with van der Waals surface area (Å²) in [5.41, 5.74) is 4.94. The van der Waals surface area contributed by atoms with E-state index in [4.69, 9.17) is 15.6 Å². The summed E-state index contributed by atoms with van der Waals surface area (Å²) in [5, 5.41) is 15.8. The molecular weight excluding hydrogens is 440 g/mol. The summed E-state index contributed by atoms with van der Waals surface area (Å²) in [6.45, 7) is 9.46. The van der Waals surface area contributed by atoms with Gasteiger partial charge in [0, 0.05) is 14.5 Å². The molecule has 0 rings (SSSR count). The van der Waals surface area contributed by atoms with Gasteiger partial charge >= 0.3 is 11.9 Å². The van der Waals surface area contributed by atoms with E-state index in [-0.39, 0.29) is 12.8 Å². The zero-order valence-electron chi connectivity index (χ0n) is 19.1. The van der Waals surface area contributed by atoms with Gasteiger partial charge in [-0.25, -0.2) is 4.79 Å². The van der Waals surface area contributed by atoms with Crippen molar-refractivity contribution in [2.45, 2.75) is 76.9 Å². The molecule has 0 heterocycles. The number of primary amides is 1. The van der Waals surface area contributed by atoms with Crippen LogP contribution in [0.3, 0.4) is 0 Å². The number of amides is 4. The quantitative estimate of drug-likeness (QED) is 0.158. The molecule has 0 saturated carbocycles. The summed E-state index contributed by atoms with van der Waals surface area (Å²) in [6, 6.07) is -2.86. The van der Waals surface area contributed by atoms with Crippen LogP contribution in [-0.2, 0) is 33.5 Å². The summed E-state index contributed by atoms with van der Waals surface area (Å²) in [6.07, 6.45) is -0.886. The fourth-order valence-corrected chi connectivity index (χ4v) is 2.95. The third-order valence-corrected chi connectivity index (χ3v) is 5.92. The van der Waals surface area contributed by atoms with Crippen molar-refractivity contribution in [1.29, 1.82) is 0 Å². The number of hydrogen-bond acceptors (Lipinski definition) is 7. The molecule has 0 aliphatic heterocycles. The number of rotatable bonds is 14. The molecule has 6 N–H and O–H groups in total. The van der Waals surface area contributed by atoms with Gasteiger partial charge in [0.1, 0.15) is 18.1 Å². The third kappa shape index (κ3) is 13.4. The molecule has 32 heavy (non-hydrogen) atoms. The lowest BCUT2D eigenvalue weighted by atomic mass is 10.1. The van der Waals surface area contributed by atoms with Gasteiger partial charge in [-0.3, -0.25) is 24.0 Å². The monoisotopic (exact) mass is 474 g/mol. The number of carboxylic acid groups (broad SMARTS) is 1. The number of aliphatic carboxylic acids is 1. The number of hydrogen-bond donors (Lipinski definition) is 5. The third-order valence-electron chi connectivity index (χ3n) is 4.21. The Morgan fingerprint density at radius 3 is 1.94 bits per heavy atom. The molecule has 0 aliphatic carbocycles. The lowest BCUT2D eigenvalue weighted by molar-refractivity contribution is -0.144.